The van der Waals surface area contributed by atoms with Gasteiger partial charge in [-0.3, -0.25) is 9.59 Å². The van der Waals surface area contributed by atoms with Gasteiger partial charge in [-0.05, 0) is 30.7 Å². The number of carbonyl (C=O) groups excluding carboxylic acids is 2. The molecular weight excluding hydrogens is 237 g/mol. The number of carbonyl (C=O) groups is 2. The molecule has 18 heavy (non-hydrogen) atoms. The smallest absolute Gasteiger partial charge is 0.325 e. The van der Waals surface area contributed by atoms with Crippen LogP contribution < -0.4 is 0 Å². The van der Waals surface area contributed by atoms with E-state index in [2.05, 4.69) is 4.74 Å². The van der Waals surface area contributed by atoms with Crippen molar-refractivity contribution in [2.24, 2.45) is 0 Å². The summed E-state index contributed by atoms with van der Waals surface area (Å²) in [5, 5.41) is 0. The minimum atomic E-state index is -0.473. The summed E-state index contributed by atoms with van der Waals surface area (Å²) in [7, 11) is 1.27. The predicted octanol–water partition coefficient (Wildman–Crippen LogP) is 1.85. The number of hydrogen-bond acceptors (Lipinski definition) is 3. The molecule has 0 aliphatic carbocycles. The van der Waals surface area contributed by atoms with Crippen molar-refractivity contribution < 1.29 is 18.7 Å². The number of halogens is 1. The van der Waals surface area contributed by atoms with Crippen LogP contribution in [0, 0.1) is 5.82 Å². The third kappa shape index (κ3) is 3.84. The lowest BCUT2D eigenvalue weighted by molar-refractivity contribution is -0.141. The van der Waals surface area contributed by atoms with Gasteiger partial charge in [-0.25, -0.2) is 4.39 Å². The van der Waals surface area contributed by atoms with Crippen LogP contribution in [-0.4, -0.2) is 37.0 Å². The van der Waals surface area contributed by atoms with E-state index in [0.717, 1.165) is 6.42 Å². The molecule has 0 atom stereocenters. The molecule has 1 amide bonds. The van der Waals surface area contributed by atoms with E-state index in [9.17, 15) is 14.0 Å². The molecule has 0 fully saturated rings. The number of hydrogen-bond donors (Lipinski definition) is 0. The van der Waals surface area contributed by atoms with Crippen LogP contribution in [0.1, 0.15) is 23.7 Å². The lowest BCUT2D eigenvalue weighted by Gasteiger charge is -2.20. The van der Waals surface area contributed by atoms with Gasteiger partial charge in [0.2, 0.25) is 0 Å². The van der Waals surface area contributed by atoms with Crippen LogP contribution in [0.5, 0.6) is 0 Å². The molecule has 0 saturated carbocycles. The van der Waals surface area contributed by atoms with Crippen molar-refractivity contribution in [1.82, 2.24) is 4.90 Å². The molecule has 0 aliphatic rings. The molecule has 4 nitrogen and oxygen atoms in total. The Morgan fingerprint density at radius 3 is 2.39 bits per heavy atom. The lowest BCUT2D eigenvalue weighted by Crippen LogP contribution is -2.36. The molecule has 0 radical (unpaired) electrons. The van der Waals surface area contributed by atoms with Crippen LogP contribution in [0.2, 0.25) is 0 Å². The first kappa shape index (κ1) is 14.2. The Kier molecular flexibility index (Phi) is 5.30. The van der Waals surface area contributed by atoms with Crippen molar-refractivity contribution in [1.29, 1.82) is 0 Å². The monoisotopic (exact) mass is 253 g/mol. The van der Waals surface area contributed by atoms with E-state index in [-0.39, 0.29) is 12.5 Å². The number of rotatable bonds is 5. The fourth-order valence-electron chi connectivity index (χ4n) is 1.52. The molecule has 0 unspecified atom stereocenters. The van der Waals surface area contributed by atoms with Gasteiger partial charge in [0.1, 0.15) is 12.4 Å². The lowest BCUT2D eigenvalue weighted by atomic mass is 10.2. The highest BCUT2D eigenvalue weighted by Crippen LogP contribution is 2.07. The van der Waals surface area contributed by atoms with Crippen LogP contribution >= 0.6 is 0 Å². The molecule has 0 spiro atoms. The summed E-state index contributed by atoms with van der Waals surface area (Å²) in [5.41, 5.74) is 0.355. The van der Waals surface area contributed by atoms with Crippen molar-refractivity contribution in [3.63, 3.8) is 0 Å². The van der Waals surface area contributed by atoms with Crippen LogP contribution in [0.15, 0.2) is 24.3 Å². The predicted molar refractivity (Wildman–Crippen MR) is 64.6 cm³/mol. The van der Waals surface area contributed by atoms with Crippen molar-refractivity contribution in [2.45, 2.75) is 13.3 Å². The van der Waals surface area contributed by atoms with E-state index in [1.165, 1.54) is 36.3 Å². The molecule has 0 aliphatic heterocycles. The fraction of sp³-hybridized carbons (Fsp3) is 0.385. The third-order valence-corrected chi connectivity index (χ3v) is 2.42. The molecule has 1 rings (SSSR count). The Labute approximate surface area is 105 Å². The maximum Gasteiger partial charge on any atom is 0.325 e. The average Bonchev–Trinajstić information content (AvgIpc) is 2.38. The first-order chi connectivity index (χ1) is 8.58. The number of nitrogens with zero attached hydrogens (tertiary/aromatic N) is 1. The first-order valence-corrected chi connectivity index (χ1v) is 5.70. The van der Waals surface area contributed by atoms with E-state index in [1.807, 2.05) is 6.92 Å². The maximum atomic E-state index is 12.8. The van der Waals surface area contributed by atoms with Gasteiger partial charge in [-0.15, -0.1) is 0 Å². The highest BCUT2D eigenvalue weighted by Gasteiger charge is 2.18. The Bertz CT molecular complexity index is 417. The third-order valence-electron chi connectivity index (χ3n) is 2.42. The summed E-state index contributed by atoms with van der Waals surface area (Å²) in [6, 6.07) is 5.24. The van der Waals surface area contributed by atoms with Crippen LogP contribution in [-0.2, 0) is 9.53 Å². The van der Waals surface area contributed by atoms with Crippen molar-refractivity contribution in [2.75, 3.05) is 20.2 Å². The Balaban J connectivity index is 2.81. The van der Waals surface area contributed by atoms with E-state index < -0.39 is 11.8 Å². The van der Waals surface area contributed by atoms with Crippen molar-refractivity contribution >= 4 is 11.9 Å². The molecule has 0 bridgehead atoms. The molecular formula is C13H16FNO3. The van der Waals surface area contributed by atoms with Crippen LogP contribution in [0.25, 0.3) is 0 Å². The summed E-state index contributed by atoms with van der Waals surface area (Å²) in [6.45, 7) is 2.26. The zero-order valence-corrected chi connectivity index (χ0v) is 10.5. The van der Waals surface area contributed by atoms with Gasteiger partial charge in [0, 0.05) is 12.1 Å². The van der Waals surface area contributed by atoms with E-state index >= 15 is 0 Å². The van der Waals surface area contributed by atoms with Crippen molar-refractivity contribution in [3.8, 4) is 0 Å². The van der Waals surface area contributed by atoms with Gasteiger partial charge in [0.25, 0.3) is 5.91 Å². The van der Waals surface area contributed by atoms with Gasteiger partial charge >= 0.3 is 5.97 Å². The molecule has 0 aromatic heterocycles. The number of benzene rings is 1. The van der Waals surface area contributed by atoms with Gasteiger partial charge in [0.05, 0.1) is 7.11 Å². The standard InChI is InChI=1S/C13H16FNO3/c1-3-8-15(9-12(16)18-2)13(17)10-4-6-11(14)7-5-10/h4-7H,3,8-9H2,1-2H3. The number of amides is 1. The zero-order valence-electron chi connectivity index (χ0n) is 10.5. The van der Waals surface area contributed by atoms with Gasteiger partial charge in [0.15, 0.2) is 0 Å². The highest BCUT2D eigenvalue weighted by molar-refractivity contribution is 5.95. The quantitative estimate of drug-likeness (QED) is 0.752. The number of esters is 1. The topological polar surface area (TPSA) is 46.6 Å². The van der Waals surface area contributed by atoms with E-state index in [4.69, 9.17) is 0 Å². The molecule has 1 aromatic carbocycles. The second-order valence-electron chi connectivity index (χ2n) is 3.81. The fourth-order valence-corrected chi connectivity index (χ4v) is 1.52. The molecule has 5 heteroatoms. The normalized spacial score (nSPS) is 9.94. The van der Waals surface area contributed by atoms with Gasteiger partial charge in [-0.1, -0.05) is 6.92 Å². The second-order valence-corrected chi connectivity index (χ2v) is 3.81. The zero-order chi connectivity index (χ0) is 13.5. The SMILES string of the molecule is CCCN(CC(=O)OC)C(=O)c1ccc(F)cc1. The summed E-state index contributed by atoms with van der Waals surface area (Å²) in [5.74, 6) is -1.18. The second kappa shape index (κ2) is 6.74. The van der Waals surface area contributed by atoms with Gasteiger partial charge < -0.3 is 9.64 Å². The Hall–Kier alpha value is -1.91. The summed E-state index contributed by atoms with van der Waals surface area (Å²) in [4.78, 5) is 24.7. The highest BCUT2D eigenvalue weighted by atomic mass is 19.1. The number of methoxy groups -OCH3 is 1. The van der Waals surface area contributed by atoms with E-state index in [0.29, 0.717) is 12.1 Å². The molecule has 0 heterocycles. The van der Waals surface area contributed by atoms with Gasteiger partial charge in [-0.2, -0.15) is 0 Å². The molecule has 1 aromatic rings. The maximum absolute atomic E-state index is 12.8. The van der Waals surface area contributed by atoms with Crippen molar-refractivity contribution in [3.05, 3.63) is 35.6 Å². The summed E-state index contributed by atoms with van der Waals surface area (Å²) in [6.07, 6.45) is 0.726. The van der Waals surface area contributed by atoms with E-state index in [1.54, 1.807) is 0 Å². The van der Waals surface area contributed by atoms with Crippen LogP contribution in [0.4, 0.5) is 4.39 Å². The molecule has 0 N–H and O–H groups in total. The molecule has 98 valence electrons. The number of ether oxygens (including phenoxy) is 1. The first-order valence-electron chi connectivity index (χ1n) is 5.70. The summed E-state index contributed by atoms with van der Waals surface area (Å²) >= 11 is 0. The van der Waals surface area contributed by atoms with Crippen LogP contribution in [0.3, 0.4) is 0 Å². The molecule has 0 saturated heterocycles. The largest absolute Gasteiger partial charge is 0.468 e. The average molecular weight is 253 g/mol. The Morgan fingerprint density at radius 2 is 1.89 bits per heavy atom. The Morgan fingerprint density at radius 1 is 1.28 bits per heavy atom. The minimum Gasteiger partial charge on any atom is -0.468 e. The minimum absolute atomic E-state index is 0.0967. The summed E-state index contributed by atoms with van der Waals surface area (Å²) < 4.78 is 17.3.